The number of carboxylic acid groups (broad SMARTS) is 1. The molecule has 1 aromatic carbocycles. The van der Waals surface area contributed by atoms with Crippen LogP contribution in [0.2, 0.25) is 0 Å². The third kappa shape index (κ3) is 4.09. The molecular formula is C16H17NO6. The number of hydrogen-bond donors (Lipinski definition) is 2. The highest BCUT2D eigenvalue weighted by Crippen LogP contribution is 2.23. The Bertz CT molecular complexity index is 795. The summed E-state index contributed by atoms with van der Waals surface area (Å²) in [5.41, 5.74) is 0.804. The van der Waals surface area contributed by atoms with Gasteiger partial charge in [-0.05, 0) is 31.0 Å². The Balaban J connectivity index is 2.19. The van der Waals surface area contributed by atoms with Crippen molar-refractivity contribution in [3.63, 3.8) is 0 Å². The predicted octanol–water partition coefficient (Wildman–Crippen LogP) is 1.32. The molecule has 1 heterocycles. The highest BCUT2D eigenvalue weighted by Gasteiger charge is 2.16. The van der Waals surface area contributed by atoms with Crippen molar-refractivity contribution in [2.45, 2.75) is 26.4 Å². The fourth-order valence-corrected chi connectivity index (χ4v) is 2.14. The topological polar surface area (TPSA) is 106 Å². The molecule has 122 valence electrons. The Labute approximate surface area is 131 Å². The van der Waals surface area contributed by atoms with Gasteiger partial charge in [-0.2, -0.15) is 0 Å². The average molecular weight is 319 g/mol. The van der Waals surface area contributed by atoms with Crippen molar-refractivity contribution < 1.29 is 23.8 Å². The Morgan fingerprint density at radius 3 is 2.74 bits per heavy atom. The molecule has 0 fully saturated rings. The monoisotopic (exact) mass is 319 g/mol. The van der Waals surface area contributed by atoms with Crippen LogP contribution in [-0.2, 0) is 16.0 Å². The molecule has 2 aromatic rings. The van der Waals surface area contributed by atoms with Gasteiger partial charge in [0.25, 0.3) is 5.91 Å². The van der Waals surface area contributed by atoms with Crippen LogP contribution in [0.15, 0.2) is 33.5 Å². The fourth-order valence-electron chi connectivity index (χ4n) is 2.14. The second kappa shape index (κ2) is 6.95. The van der Waals surface area contributed by atoms with Crippen molar-refractivity contribution >= 4 is 22.8 Å². The second-order valence-electron chi connectivity index (χ2n) is 4.97. The number of ether oxygens (including phenoxy) is 1. The molecule has 1 atom stereocenters. The Morgan fingerprint density at radius 1 is 1.35 bits per heavy atom. The number of nitrogens with one attached hydrogen (secondary N) is 1. The highest BCUT2D eigenvalue weighted by molar-refractivity contribution is 5.85. The first-order valence-electron chi connectivity index (χ1n) is 7.13. The molecular weight excluding hydrogens is 302 g/mol. The van der Waals surface area contributed by atoms with Crippen LogP contribution in [0.25, 0.3) is 11.0 Å². The number of hydrogen-bond acceptors (Lipinski definition) is 5. The van der Waals surface area contributed by atoms with E-state index >= 15 is 0 Å². The largest absolute Gasteiger partial charge is 0.481 e. The maximum absolute atomic E-state index is 11.7. The third-order valence-corrected chi connectivity index (χ3v) is 3.28. The fraction of sp³-hybridized carbons (Fsp3) is 0.312. The normalized spacial score (nSPS) is 11.9. The summed E-state index contributed by atoms with van der Waals surface area (Å²) < 4.78 is 10.6. The molecule has 2 rings (SSSR count). The quantitative estimate of drug-likeness (QED) is 0.778. The van der Waals surface area contributed by atoms with Crippen molar-refractivity contribution in [1.29, 1.82) is 0 Å². The van der Waals surface area contributed by atoms with Gasteiger partial charge in [-0.1, -0.05) is 6.92 Å². The molecule has 0 aliphatic rings. The Hall–Kier alpha value is -2.83. The highest BCUT2D eigenvalue weighted by atomic mass is 16.5. The Morgan fingerprint density at radius 2 is 2.09 bits per heavy atom. The van der Waals surface area contributed by atoms with E-state index < -0.39 is 30.2 Å². The second-order valence-corrected chi connectivity index (χ2v) is 4.97. The minimum absolute atomic E-state index is 0.354. The van der Waals surface area contributed by atoms with E-state index in [1.165, 1.54) is 19.1 Å². The van der Waals surface area contributed by atoms with Gasteiger partial charge in [0.15, 0.2) is 6.10 Å². The molecule has 0 aliphatic heterocycles. The van der Waals surface area contributed by atoms with E-state index in [-0.39, 0.29) is 0 Å². The lowest BCUT2D eigenvalue weighted by Gasteiger charge is -2.14. The predicted molar refractivity (Wildman–Crippen MR) is 82.6 cm³/mol. The van der Waals surface area contributed by atoms with Crippen molar-refractivity contribution in [1.82, 2.24) is 5.32 Å². The van der Waals surface area contributed by atoms with Crippen LogP contribution in [0, 0.1) is 0 Å². The lowest BCUT2D eigenvalue weighted by molar-refractivity contribution is -0.139. The van der Waals surface area contributed by atoms with E-state index in [0.29, 0.717) is 17.8 Å². The van der Waals surface area contributed by atoms with Gasteiger partial charge < -0.3 is 19.6 Å². The number of aliphatic carboxylic acids is 1. The van der Waals surface area contributed by atoms with Crippen LogP contribution in [0.3, 0.4) is 0 Å². The average Bonchev–Trinajstić information content (AvgIpc) is 2.51. The molecule has 0 spiro atoms. The molecule has 1 amide bonds. The van der Waals surface area contributed by atoms with Crippen LogP contribution >= 0.6 is 0 Å². The molecule has 0 bridgehead atoms. The van der Waals surface area contributed by atoms with Crippen LogP contribution < -0.4 is 15.7 Å². The van der Waals surface area contributed by atoms with Gasteiger partial charge in [0.2, 0.25) is 0 Å². The summed E-state index contributed by atoms with van der Waals surface area (Å²) in [6.45, 7) is 2.96. The zero-order chi connectivity index (χ0) is 17.0. The molecule has 0 radical (unpaired) electrons. The number of carboxylic acids is 1. The Kier molecular flexibility index (Phi) is 5.00. The van der Waals surface area contributed by atoms with Gasteiger partial charge in [0, 0.05) is 17.5 Å². The summed E-state index contributed by atoms with van der Waals surface area (Å²) in [5, 5.41) is 11.6. The van der Waals surface area contributed by atoms with Crippen LogP contribution in [0.1, 0.15) is 19.4 Å². The first kappa shape index (κ1) is 16.5. The molecule has 7 heteroatoms. The van der Waals surface area contributed by atoms with E-state index in [1.807, 2.05) is 6.92 Å². The zero-order valence-electron chi connectivity index (χ0n) is 12.8. The van der Waals surface area contributed by atoms with E-state index in [0.717, 1.165) is 10.9 Å². The standard InChI is InChI=1S/C16H17NO6/c1-3-10-6-15(20)23-13-7-11(4-5-12(10)13)22-9(2)16(21)17-8-14(18)19/h4-7,9H,3,8H2,1-2H3,(H,17,21)(H,18,19)/t9-/m1/s1. The lowest BCUT2D eigenvalue weighted by Crippen LogP contribution is -2.39. The van der Waals surface area contributed by atoms with Crippen molar-refractivity contribution in [3.05, 3.63) is 40.2 Å². The molecule has 2 N–H and O–H groups in total. The van der Waals surface area contributed by atoms with Crippen LogP contribution in [0.4, 0.5) is 0 Å². The van der Waals surface area contributed by atoms with Gasteiger partial charge >= 0.3 is 11.6 Å². The van der Waals surface area contributed by atoms with Crippen molar-refractivity contribution in [2.24, 2.45) is 0 Å². The first-order valence-corrected chi connectivity index (χ1v) is 7.13. The summed E-state index contributed by atoms with van der Waals surface area (Å²) in [7, 11) is 0. The number of aryl methyl sites for hydroxylation is 1. The van der Waals surface area contributed by atoms with Crippen molar-refractivity contribution in [3.8, 4) is 5.75 Å². The number of amides is 1. The van der Waals surface area contributed by atoms with Gasteiger partial charge in [0.1, 0.15) is 17.9 Å². The maximum Gasteiger partial charge on any atom is 0.336 e. The molecule has 0 aliphatic carbocycles. The van der Waals surface area contributed by atoms with Gasteiger partial charge in [-0.25, -0.2) is 4.79 Å². The number of carbonyl (C=O) groups excluding carboxylic acids is 1. The maximum atomic E-state index is 11.7. The molecule has 0 saturated carbocycles. The first-order chi connectivity index (χ1) is 10.9. The van der Waals surface area contributed by atoms with Crippen molar-refractivity contribution in [2.75, 3.05) is 6.54 Å². The summed E-state index contributed by atoms with van der Waals surface area (Å²) in [6.07, 6.45) is -0.191. The van der Waals surface area contributed by atoms with E-state index in [9.17, 15) is 14.4 Å². The molecule has 1 aromatic heterocycles. The molecule has 0 unspecified atom stereocenters. The number of fused-ring (bicyclic) bond motifs is 1. The van der Waals surface area contributed by atoms with E-state index in [2.05, 4.69) is 5.32 Å². The van der Waals surface area contributed by atoms with Crippen LogP contribution in [-0.4, -0.2) is 29.6 Å². The SMILES string of the molecule is CCc1cc(=O)oc2cc(O[C@H](C)C(=O)NCC(=O)O)ccc12. The molecule has 23 heavy (non-hydrogen) atoms. The minimum Gasteiger partial charge on any atom is -0.481 e. The third-order valence-electron chi connectivity index (χ3n) is 3.28. The summed E-state index contributed by atoms with van der Waals surface area (Å²) >= 11 is 0. The van der Waals surface area contributed by atoms with Crippen LogP contribution in [0.5, 0.6) is 5.75 Å². The van der Waals surface area contributed by atoms with Gasteiger partial charge in [0.05, 0.1) is 0 Å². The summed E-state index contributed by atoms with van der Waals surface area (Å²) in [4.78, 5) is 33.6. The number of carbonyl (C=O) groups is 2. The number of rotatable bonds is 6. The van der Waals surface area contributed by atoms with E-state index in [4.69, 9.17) is 14.3 Å². The lowest BCUT2D eigenvalue weighted by atomic mass is 10.1. The number of benzene rings is 1. The summed E-state index contributed by atoms with van der Waals surface area (Å²) in [5.74, 6) is -1.33. The molecule has 7 nitrogen and oxygen atoms in total. The summed E-state index contributed by atoms with van der Waals surface area (Å²) in [6, 6.07) is 6.42. The van der Waals surface area contributed by atoms with E-state index in [1.54, 1.807) is 12.1 Å². The minimum atomic E-state index is -1.13. The molecule has 0 saturated heterocycles. The van der Waals surface area contributed by atoms with Gasteiger partial charge in [-0.15, -0.1) is 0 Å². The van der Waals surface area contributed by atoms with Gasteiger partial charge in [-0.3, -0.25) is 9.59 Å². The zero-order valence-corrected chi connectivity index (χ0v) is 12.8. The smallest absolute Gasteiger partial charge is 0.336 e.